The first-order valence-corrected chi connectivity index (χ1v) is 6.30. The van der Waals surface area contributed by atoms with Gasteiger partial charge < -0.3 is 4.74 Å². The number of nitrogens with zero attached hydrogens (tertiary/aromatic N) is 1. The zero-order chi connectivity index (χ0) is 13.4. The molecule has 1 unspecified atom stereocenters. The maximum absolute atomic E-state index is 11.7. The lowest BCUT2D eigenvalue weighted by molar-refractivity contribution is -0.385. The minimum absolute atomic E-state index is 0.220. The van der Waals surface area contributed by atoms with E-state index in [2.05, 4.69) is 4.18 Å². The first kappa shape index (κ1) is 12.9. The number of benzene rings is 1. The Balaban J connectivity index is 2.18. The highest BCUT2D eigenvalue weighted by Crippen LogP contribution is 2.24. The van der Waals surface area contributed by atoms with E-state index in [1.807, 2.05) is 0 Å². The Morgan fingerprint density at radius 3 is 2.78 bits per heavy atom. The van der Waals surface area contributed by atoms with Gasteiger partial charge in [-0.3, -0.25) is 20.0 Å². The molecule has 8 nitrogen and oxygen atoms in total. The number of non-ortho nitro benzene ring substituents is 1. The highest BCUT2D eigenvalue weighted by atomic mass is 32.2. The molecule has 2 N–H and O–H groups in total. The van der Waals surface area contributed by atoms with Gasteiger partial charge in [0.25, 0.3) is 15.8 Å². The lowest BCUT2D eigenvalue weighted by Gasteiger charge is -2.07. The number of nitro benzene ring substituents is 1. The topological polar surface area (TPSA) is 125 Å². The minimum atomic E-state index is -4.07. The van der Waals surface area contributed by atoms with Gasteiger partial charge >= 0.3 is 0 Å². The molecule has 1 aromatic rings. The van der Waals surface area contributed by atoms with Crippen LogP contribution in [0.4, 0.5) is 5.69 Å². The molecule has 0 amide bonds. The van der Waals surface area contributed by atoms with Crippen molar-refractivity contribution in [1.82, 2.24) is 0 Å². The van der Waals surface area contributed by atoms with E-state index in [0.717, 1.165) is 6.07 Å². The number of nitrogens with two attached hydrogens (primary N) is 1. The summed E-state index contributed by atoms with van der Waals surface area (Å²) in [5.41, 5.74) is 4.10. The molecule has 1 aliphatic rings. The van der Waals surface area contributed by atoms with Crippen molar-refractivity contribution in [3.8, 4) is 0 Å². The van der Waals surface area contributed by atoms with Crippen LogP contribution >= 0.6 is 0 Å². The summed E-state index contributed by atoms with van der Waals surface area (Å²) in [5.74, 6) is 0. The maximum Gasteiger partial charge on any atom is 0.297 e. The summed E-state index contributed by atoms with van der Waals surface area (Å²) in [5, 5.41) is 10.5. The number of hydrogen-bond acceptors (Lipinski definition) is 7. The van der Waals surface area contributed by atoms with Crippen molar-refractivity contribution in [3.63, 3.8) is 0 Å². The van der Waals surface area contributed by atoms with Gasteiger partial charge in [0, 0.05) is 12.1 Å². The Morgan fingerprint density at radius 2 is 2.22 bits per heavy atom. The van der Waals surface area contributed by atoms with Gasteiger partial charge in [-0.1, -0.05) is 6.07 Å². The molecule has 0 spiro atoms. The van der Waals surface area contributed by atoms with Crippen molar-refractivity contribution in [2.75, 3.05) is 13.2 Å². The van der Waals surface area contributed by atoms with Gasteiger partial charge in [-0.05, 0) is 6.07 Å². The smallest absolute Gasteiger partial charge is 0.297 e. The standard InChI is InChI=1S/C9H10N2O6S/c10-9(5-16-9)6-17-18(14,15)8-3-1-2-7(4-8)11(12)13/h1-4H,5-6,10H2. The van der Waals surface area contributed by atoms with Crippen LogP contribution in [0.15, 0.2) is 29.2 Å². The molecule has 1 fully saturated rings. The second-order valence-electron chi connectivity index (χ2n) is 3.82. The van der Waals surface area contributed by atoms with E-state index in [0.29, 0.717) is 0 Å². The average molecular weight is 274 g/mol. The predicted molar refractivity (Wildman–Crippen MR) is 59.1 cm³/mol. The van der Waals surface area contributed by atoms with Crippen molar-refractivity contribution < 1.29 is 22.3 Å². The molecule has 1 aliphatic heterocycles. The highest BCUT2D eigenvalue weighted by molar-refractivity contribution is 7.86. The molecule has 98 valence electrons. The summed E-state index contributed by atoms with van der Waals surface area (Å²) in [6.45, 7) is -0.102. The van der Waals surface area contributed by atoms with Crippen LogP contribution in [0.25, 0.3) is 0 Å². The van der Waals surface area contributed by atoms with Gasteiger partial charge in [0.1, 0.15) is 11.5 Å². The van der Waals surface area contributed by atoms with Crippen molar-refractivity contribution in [2.24, 2.45) is 5.73 Å². The van der Waals surface area contributed by atoms with Gasteiger partial charge in [0.2, 0.25) is 0 Å². The van der Waals surface area contributed by atoms with Crippen LogP contribution in [0.3, 0.4) is 0 Å². The number of nitro groups is 1. The normalized spacial score (nSPS) is 22.7. The third-order valence-corrected chi connectivity index (χ3v) is 3.55. The van der Waals surface area contributed by atoms with Crippen LogP contribution in [0.1, 0.15) is 0 Å². The molecule has 1 aromatic carbocycles. The average Bonchev–Trinajstić information content (AvgIpc) is 3.06. The van der Waals surface area contributed by atoms with E-state index in [4.69, 9.17) is 10.5 Å². The largest absolute Gasteiger partial charge is 0.351 e. The van der Waals surface area contributed by atoms with Crippen LogP contribution in [0, 0.1) is 10.1 Å². The van der Waals surface area contributed by atoms with Crippen LogP contribution in [-0.4, -0.2) is 32.3 Å². The van der Waals surface area contributed by atoms with Gasteiger partial charge in [-0.2, -0.15) is 8.42 Å². The zero-order valence-corrected chi connectivity index (χ0v) is 9.92. The first-order chi connectivity index (χ1) is 8.32. The molecule has 9 heteroatoms. The van der Waals surface area contributed by atoms with E-state index >= 15 is 0 Å². The summed E-state index contributed by atoms with van der Waals surface area (Å²) in [7, 11) is -4.07. The third-order valence-electron chi connectivity index (χ3n) is 2.29. The Hall–Kier alpha value is -1.55. The van der Waals surface area contributed by atoms with Crippen molar-refractivity contribution in [3.05, 3.63) is 34.4 Å². The van der Waals surface area contributed by atoms with Crippen molar-refractivity contribution in [1.29, 1.82) is 0 Å². The van der Waals surface area contributed by atoms with Crippen LogP contribution < -0.4 is 5.73 Å². The van der Waals surface area contributed by atoms with Crippen molar-refractivity contribution in [2.45, 2.75) is 10.6 Å². The summed E-state index contributed by atoms with van der Waals surface area (Å²) in [6.07, 6.45) is 0. The number of rotatable bonds is 5. The fourth-order valence-corrected chi connectivity index (χ4v) is 2.18. The molecule has 1 atom stereocenters. The van der Waals surface area contributed by atoms with Crippen LogP contribution in [0.2, 0.25) is 0 Å². The van der Waals surface area contributed by atoms with Gasteiger partial charge in [-0.25, -0.2) is 0 Å². The lowest BCUT2D eigenvalue weighted by Crippen LogP contribution is -2.31. The van der Waals surface area contributed by atoms with Gasteiger partial charge in [0.05, 0.1) is 11.5 Å². The molecule has 1 saturated heterocycles. The second kappa shape index (κ2) is 4.28. The summed E-state index contributed by atoms with van der Waals surface area (Å²) in [6, 6.07) is 4.58. The van der Waals surface area contributed by atoms with E-state index in [9.17, 15) is 18.5 Å². The molecule has 0 saturated carbocycles. The molecule has 0 aliphatic carbocycles. The number of ether oxygens (including phenoxy) is 1. The Morgan fingerprint density at radius 1 is 1.56 bits per heavy atom. The van der Waals surface area contributed by atoms with E-state index in [1.165, 1.54) is 18.2 Å². The summed E-state index contributed by atoms with van der Waals surface area (Å²) >= 11 is 0. The Labute approximate surface area is 103 Å². The highest BCUT2D eigenvalue weighted by Gasteiger charge is 2.42. The van der Waals surface area contributed by atoms with E-state index in [-0.39, 0.29) is 23.8 Å². The fourth-order valence-electron chi connectivity index (χ4n) is 1.17. The lowest BCUT2D eigenvalue weighted by atomic mass is 10.3. The van der Waals surface area contributed by atoms with Crippen LogP contribution in [0.5, 0.6) is 0 Å². The molecule has 0 bridgehead atoms. The molecule has 2 rings (SSSR count). The fraction of sp³-hybridized carbons (Fsp3) is 0.333. The van der Waals surface area contributed by atoms with E-state index in [1.54, 1.807) is 0 Å². The quantitative estimate of drug-likeness (QED) is 0.346. The molecule has 0 aromatic heterocycles. The minimum Gasteiger partial charge on any atom is -0.351 e. The van der Waals surface area contributed by atoms with E-state index < -0.39 is 20.8 Å². The monoisotopic (exact) mass is 274 g/mol. The zero-order valence-electron chi connectivity index (χ0n) is 9.11. The molecule has 0 radical (unpaired) electrons. The van der Waals surface area contributed by atoms with Crippen LogP contribution in [-0.2, 0) is 19.0 Å². The Bertz CT molecular complexity index is 580. The SMILES string of the molecule is NC1(COS(=O)(=O)c2cccc([N+](=O)[O-])c2)CO1. The van der Waals surface area contributed by atoms with Gasteiger partial charge in [0.15, 0.2) is 5.72 Å². The second-order valence-corrected chi connectivity index (χ2v) is 5.44. The maximum atomic E-state index is 11.7. The number of epoxide rings is 1. The van der Waals surface area contributed by atoms with Gasteiger partial charge in [-0.15, -0.1) is 0 Å². The summed E-state index contributed by atoms with van der Waals surface area (Å²) in [4.78, 5) is 9.56. The number of hydrogen-bond donors (Lipinski definition) is 1. The van der Waals surface area contributed by atoms with Crippen molar-refractivity contribution >= 4 is 15.8 Å². The third kappa shape index (κ3) is 2.82. The Kier molecular flexibility index (Phi) is 3.07. The predicted octanol–water partition coefficient (Wildman–Crippen LogP) is -0.0147. The molecule has 18 heavy (non-hydrogen) atoms. The summed E-state index contributed by atoms with van der Waals surface area (Å²) < 4.78 is 32.9. The molecular formula is C9H10N2O6S. The first-order valence-electron chi connectivity index (χ1n) is 4.89. The molecular weight excluding hydrogens is 264 g/mol. The molecule has 1 heterocycles.